The van der Waals surface area contributed by atoms with Gasteiger partial charge in [-0.05, 0) is 38.5 Å². The molecule has 2 rings (SSSR count). The van der Waals surface area contributed by atoms with Gasteiger partial charge < -0.3 is 5.32 Å². The highest BCUT2D eigenvalue weighted by Gasteiger charge is 2.24. The lowest BCUT2D eigenvalue weighted by atomic mass is 10.2. The molecule has 1 amide bonds. The van der Waals surface area contributed by atoms with Gasteiger partial charge in [0.05, 0.1) is 26.7 Å². The summed E-state index contributed by atoms with van der Waals surface area (Å²) in [6.07, 6.45) is 0.795. The Labute approximate surface area is 140 Å². The average Bonchev–Trinajstić information content (AvgIpc) is 2.85. The Bertz CT molecular complexity index is 814. The molecule has 0 aliphatic heterocycles. The van der Waals surface area contributed by atoms with Gasteiger partial charge in [0.15, 0.2) is 0 Å². The zero-order chi connectivity index (χ0) is 17.2. The molecule has 2 aromatic rings. The number of benzene rings is 1. The molecule has 0 aliphatic carbocycles. The van der Waals surface area contributed by atoms with Gasteiger partial charge in [-0.25, -0.2) is 13.4 Å². The molecular weight excluding hydrogens is 334 g/mol. The number of rotatable bonds is 6. The van der Waals surface area contributed by atoms with E-state index in [1.54, 1.807) is 12.1 Å². The zero-order valence-electron chi connectivity index (χ0n) is 13.7. The van der Waals surface area contributed by atoms with E-state index >= 15 is 0 Å². The van der Waals surface area contributed by atoms with E-state index in [0.717, 1.165) is 26.0 Å². The maximum Gasteiger partial charge on any atom is 0.243 e. The third kappa shape index (κ3) is 4.07. The highest BCUT2D eigenvalue weighted by molar-refractivity contribution is 7.89. The number of aryl methyl sites for hydroxylation is 1. The molecule has 0 spiro atoms. The normalized spacial score (nSPS) is 13.4. The number of fused-ring (bicyclic) bond motifs is 1. The van der Waals surface area contributed by atoms with Crippen LogP contribution in [-0.2, 0) is 14.8 Å². The second kappa shape index (κ2) is 6.94. The molecule has 6 nitrogen and oxygen atoms in total. The van der Waals surface area contributed by atoms with Crippen LogP contribution in [0.3, 0.4) is 0 Å². The molecule has 0 saturated heterocycles. The van der Waals surface area contributed by atoms with E-state index in [9.17, 15) is 13.2 Å². The Balaban J connectivity index is 2.19. The van der Waals surface area contributed by atoms with Gasteiger partial charge in [0.25, 0.3) is 0 Å². The van der Waals surface area contributed by atoms with Gasteiger partial charge in [0.2, 0.25) is 15.9 Å². The summed E-state index contributed by atoms with van der Waals surface area (Å²) >= 11 is 1.45. The monoisotopic (exact) mass is 355 g/mol. The van der Waals surface area contributed by atoms with Crippen LogP contribution in [0.25, 0.3) is 10.2 Å². The number of thiazole rings is 1. The third-order valence-electron chi connectivity index (χ3n) is 3.56. The summed E-state index contributed by atoms with van der Waals surface area (Å²) in [5.74, 6) is -0.305. The largest absolute Gasteiger partial charge is 0.353 e. The topological polar surface area (TPSA) is 79.4 Å². The van der Waals surface area contributed by atoms with Gasteiger partial charge in [-0.1, -0.05) is 6.92 Å². The first-order chi connectivity index (χ1) is 10.7. The molecule has 1 atom stereocenters. The molecule has 0 fully saturated rings. The summed E-state index contributed by atoms with van der Waals surface area (Å²) in [5.41, 5.74) is 0.781. The van der Waals surface area contributed by atoms with Crippen molar-refractivity contribution in [2.24, 2.45) is 0 Å². The third-order valence-corrected chi connectivity index (χ3v) is 6.29. The number of sulfonamides is 1. The van der Waals surface area contributed by atoms with Crippen LogP contribution in [-0.4, -0.2) is 43.2 Å². The van der Waals surface area contributed by atoms with E-state index in [1.807, 2.05) is 20.8 Å². The van der Waals surface area contributed by atoms with Gasteiger partial charge in [-0.2, -0.15) is 4.31 Å². The van der Waals surface area contributed by atoms with Crippen LogP contribution in [0, 0.1) is 6.92 Å². The Morgan fingerprint density at radius 1 is 1.43 bits per heavy atom. The Hall–Kier alpha value is -1.51. The first-order valence-electron chi connectivity index (χ1n) is 7.37. The lowest BCUT2D eigenvalue weighted by Crippen LogP contribution is -2.41. The second-order valence-corrected chi connectivity index (χ2v) is 8.78. The number of amides is 1. The molecule has 1 N–H and O–H groups in total. The summed E-state index contributed by atoms with van der Waals surface area (Å²) in [4.78, 5) is 16.4. The molecule has 0 saturated carbocycles. The number of hydrogen-bond donors (Lipinski definition) is 1. The maximum atomic E-state index is 12.6. The number of hydrogen-bond acceptors (Lipinski definition) is 5. The van der Waals surface area contributed by atoms with E-state index < -0.39 is 10.0 Å². The van der Waals surface area contributed by atoms with Crippen LogP contribution in [0.2, 0.25) is 0 Å². The number of nitrogens with zero attached hydrogens (tertiary/aromatic N) is 2. The molecule has 126 valence electrons. The van der Waals surface area contributed by atoms with Crippen molar-refractivity contribution < 1.29 is 13.2 Å². The van der Waals surface area contributed by atoms with E-state index in [4.69, 9.17) is 0 Å². The predicted molar refractivity (Wildman–Crippen MR) is 92.1 cm³/mol. The molecule has 0 unspecified atom stereocenters. The number of likely N-dealkylation sites (N-methyl/N-ethyl adjacent to an activating group) is 1. The van der Waals surface area contributed by atoms with Crippen molar-refractivity contribution in [1.29, 1.82) is 0 Å². The summed E-state index contributed by atoms with van der Waals surface area (Å²) in [6.45, 7) is 5.51. The zero-order valence-corrected chi connectivity index (χ0v) is 15.3. The number of carbonyl (C=O) groups excluding carboxylic acids is 1. The SMILES string of the molecule is CC[C@H](C)NC(=O)CN(C)S(=O)(=O)c1ccc2nc(C)sc2c1. The maximum absolute atomic E-state index is 12.6. The molecule has 0 bridgehead atoms. The number of nitrogens with one attached hydrogen (secondary N) is 1. The van der Waals surface area contributed by atoms with Gasteiger partial charge in [0.1, 0.15) is 0 Å². The summed E-state index contributed by atoms with van der Waals surface area (Å²) in [5, 5.41) is 3.65. The smallest absolute Gasteiger partial charge is 0.243 e. The molecule has 1 aromatic heterocycles. The van der Waals surface area contributed by atoms with E-state index in [-0.39, 0.29) is 23.4 Å². The molecule has 1 aromatic carbocycles. The summed E-state index contributed by atoms with van der Waals surface area (Å²) in [7, 11) is -2.30. The summed E-state index contributed by atoms with van der Waals surface area (Å²) in [6, 6.07) is 4.85. The fourth-order valence-electron chi connectivity index (χ4n) is 2.07. The van der Waals surface area contributed by atoms with Crippen molar-refractivity contribution in [2.45, 2.75) is 38.1 Å². The van der Waals surface area contributed by atoms with Gasteiger partial charge >= 0.3 is 0 Å². The van der Waals surface area contributed by atoms with E-state index in [1.165, 1.54) is 24.5 Å². The molecule has 8 heteroatoms. The van der Waals surface area contributed by atoms with Crippen LogP contribution in [0.1, 0.15) is 25.3 Å². The van der Waals surface area contributed by atoms with Gasteiger partial charge in [-0.15, -0.1) is 11.3 Å². The number of carbonyl (C=O) groups is 1. The van der Waals surface area contributed by atoms with Crippen LogP contribution >= 0.6 is 11.3 Å². The van der Waals surface area contributed by atoms with Crippen LogP contribution in [0.15, 0.2) is 23.1 Å². The highest BCUT2D eigenvalue weighted by atomic mass is 32.2. The van der Waals surface area contributed by atoms with E-state index in [2.05, 4.69) is 10.3 Å². The van der Waals surface area contributed by atoms with E-state index in [0.29, 0.717) is 0 Å². The molecule has 0 aliphatic rings. The lowest BCUT2D eigenvalue weighted by Gasteiger charge is -2.18. The fourth-order valence-corrected chi connectivity index (χ4v) is 4.17. The quantitative estimate of drug-likeness (QED) is 0.861. The van der Waals surface area contributed by atoms with Gasteiger partial charge in [0, 0.05) is 13.1 Å². The number of aromatic nitrogens is 1. The van der Waals surface area contributed by atoms with Crippen molar-refractivity contribution in [3.8, 4) is 0 Å². The predicted octanol–water partition coefficient (Wildman–Crippen LogP) is 2.14. The van der Waals surface area contributed by atoms with Crippen LogP contribution in [0.5, 0.6) is 0 Å². The second-order valence-electron chi connectivity index (χ2n) is 5.50. The standard InChI is InChI=1S/C15H21N3O3S2/c1-5-10(2)16-15(19)9-18(4)23(20,21)12-6-7-13-14(8-12)22-11(3)17-13/h6-8,10H,5,9H2,1-4H3,(H,16,19)/t10-/m0/s1. The average molecular weight is 355 g/mol. The van der Waals surface area contributed by atoms with Crippen molar-refractivity contribution in [3.05, 3.63) is 23.2 Å². The fraction of sp³-hybridized carbons (Fsp3) is 0.467. The van der Waals surface area contributed by atoms with Crippen LogP contribution in [0.4, 0.5) is 0 Å². The molecule has 23 heavy (non-hydrogen) atoms. The Morgan fingerprint density at radius 2 is 2.13 bits per heavy atom. The minimum Gasteiger partial charge on any atom is -0.353 e. The highest BCUT2D eigenvalue weighted by Crippen LogP contribution is 2.25. The van der Waals surface area contributed by atoms with Crippen molar-refractivity contribution >= 4 is 37.5 Å². The minimum absolute atomic E-state index is 0.0233. The summed E-state index contributed by atoms with van der Waals surface area (Å²) < 4.78 is 27.1. The minimum atomic E-state index is -3.71. The van der Waals surface area contributed by atoms with Crippen molar-refractivity contribution in [1.82, 2.24) is 14.6 Å². The molecule has 1 heterocycles. The molecule has 0 radical (unpaired) electrons. The van der Waals surface area contributed by atoms with Crippen LogP contribution < -0.4 is 5.32 Å². The van der Waals surface area contributed by atoms with Gasteiger partial charge in [-0.3, -0.25) is 4.79 Å². The Kier molecular flexibility index (Phi) is 5.38. The lowest BCUT2D eigenvalue weighted by molar-refractivity contribution is -0.121. The first kappa shape index (κ1) is 17.8. The van der Waals surface area contributed by atoms with Crippen molar-refractivity contribution in [2.75, 3.05) is 13.6 Å². The van der Waals surface area contributed by atoms with Crippen molar-refractivity contribution in [3.63, 3.8) is 0 Å². The molecular formula is C15H21N3O3S2. The first-order valence-corrected chi connectivity index (χ1v) is 9.62. The Morgan fingerprint density at radius 3 is 2.78 bits per heavy atom.